The number of amides is 2. The van der Waals surface area contributed by atoms with Crippen molar-refractivity contribution in [2.45, 2.75) is 31.9 Å². The van der Waals surface area contributed by atoms with Gasteiger partial charge in [0.15, 0.2) is 5.71 Å². The Labute approximate surface area is 109 Å². The van der Waals surface area contributed by atoms with Gasteiger partial charge in [0.2, 0.25) is 12.0 Å². The Morgan fingerprint density at radius 2 is 2.21 bits per heavy atom. The topological polar surface area (TPSA) is 108 Å². The molecule has 2 heterocycles. The van der Waals surface area contributed by atoms with E-state index in [9.17, 15) is 14.4 Å². The summed E-state index contributed by atoms with van der Waals surface area (Å²) in [4.78, 5) is 41.0. The largest absolute Gasteiger partial charge is 0.477 e. The number of carbonyl (C=O) groups excluding carboxylic acids is 2. The average Bonchev–Trinajstić information content (AvgIpc) is 2.81. The van der Waals surface area contributed by atoms with Crippen LogP contribution in [0, 0.1) is 0 Å². The average molecular weight is 269 g/mol. The third-order valence-corrected chi connectivity index (χ3v) is 3.31. The van der Waals surface area contributed by atoms with E-state index in [1.54, 1.807) is 13.8 Å². The quantitative estimate of drug-likeness (QED) is 0.665. The molecular formula is C11H15N3O5. The molecule has 1 atom stereocenters. The van der Waals surface area contributed by atoms with Crippen LogP contribution in [-0.2, 0) is 19.2 Å². The highest BCUT2D eigenvalue weighted by Crippen LogP contribution is 2.22. The third-order valence-electron chi connectivity index (χ3n) is 3.31. The summed E-state index contributed by atoms with van der Waals surface area (Å²) in [5.41, 5.74) is -1.16. The van der Waals surface area contributed by atoms with Crippen molar-refractivity contribution in [2.75, 3.05) is 13.1 Å². The monoisotopic (exact) mass is 269 g/mol. The first-order valence-corrected chi connectivity index (χ1v) is 5.90. The Morgan fingerprint density at radius 1 is 1.53 bits per heavy atom. The number of carboxylic acid groups (broad SMARTS) is 1. The molecular weight excluding hydrogens is 254 g/mol. The van der Waals surface area contributed by atoms with Crippen molar-refractivity contribution in [3.8, 4) is 0 Å². The fourth-order valence-corrected chi connectivity index (χ4v) is 2.10. The summed E-state index contributed by atoms with van der Waals surface area (Å²) in [5, 5.41) is 14.8. The first kappa shape index (κ1) is 13.3. The molecule has 2 aliphatic heterocycles. The van der Waals surface area contributed by atoms with E-state index in [2.05, 4.69) is 10.5 Å². The van der Waals surface area contributed by atoms with Gasteiger partial charge in [-0.1, -0.05) is 5.16 Å². The Hall–Kier alpha value is -2.12. The maximum atomic E-state index is 12.3. The molecule has 0 radical (unpaired) electrons. The normalized spacial score (nSPS) is 25.4. The van der Waals surface area contributed by atoms with Crippen LogP contribution in [0.5, 0.6) is 0 Å². The van der Waals surface area contributed by atoms with Crippen LogP contribution in [-0.4, -0.2) is 58.2 Å². The van der Waals surface area contributed by atoms with E-state index in [0.29, 0.717) is 13.1 Å². The Bertz CT molecular complexity index is 471. The van der Waals surface area contributed by atoms with Crippen LogP contribution >= 0.6 is 0 Å². The number of aliphatic carboxylic acids is 1. The second kappa shape index (κ2) is 4.52. The van der Waals surface area contributed by atoms with E-state index in [1.807, 2.05) is 0 Å². The molecule has 0 saturated carbocycles. The lowest BCUT2D eigenvalue weighted by Crippen LogP contribution is -2.65. The molecule has 0 spiro atoms. The van der Waals surface area contributed by atoms with Gasteiger partial charge in [0.1, 0.15) is 5.54 Å². The summed E-state index contributed by atoms with van der Waals surface area (Å²) < 4.78 is 0. The number of hydrogen-bond acceptors (Lipinski definition) is 5. The predicted octanol–water partition coefficient (Wildman–Crippen LogP) is -1.05. The highest BCUT2D eigenvalue weighted by atomic mass is 16.6. The number of rotatable bonds is 2. The zero-order valence-electron chi connectivity index (χ0n) is 10.7. The molecule has 0 bridgehead atoms. The van der Waals surface area contributed by atoms with Crippen molar-refractivity contribution >= 4 is 23.5 Å². The second-order valence-electron chi connectivity index (χ2n) is 4.95. The summed E-state index contributed by atoms with van der Waals surface area (Å²) in [6, 6.07) is 0. The van der Waals surface area contributed by atoms with Crippen molar-refractivity contribution in [3.63, 3.8) is 0 Å². The smallest absolute Gasteiger partial charge is 0.353 e. The molecule has 1 unspecified atom stereocenters. The molecule has 0 aliphatic carbocycles. The van der Waals surface area contributed by atoms with Gasteiger partial charge in [0, 0.05) is 19.5 Å². The minimum atomic E-state index is -1.20. The van der Waals surface area contributed by atoms with E-state index < -0.39 is 23.5 Å². The number of hydrogen-bond donors (Lipinski definition) is 2. The molecule has 2 aliphatic rings. The Balaban J connectivity index is 2.09. The Morgan fingerprint density at radius 3 is 2.79 bits per heavy atom. The van der Waals surface area contributed by atoms with Gasteiger partial charge in [0.25, 0.3) is 5.91 Å². The van der Waals surface area contributed by atoms with Crippen molar-refractivity contribution in [3.05, 3.63) is 0 Å². The van der Waals surface area contributed by atoms with E-state index in [1.165, 1.54) is 4.90 Å². The van der Waals surface area contributed by atoms with Crippen molar-refractivity contribution in [1.82, 2.24) is 10.2 Å². The van der Waals surface area contributed by atoms with Gasteiger partial charge in [-0.3, -0.25) is 9.59 Å². The Kier molecular flexibility index (Phi) is 3.17. The van der Waals surface area contributed by atoms with E-state index in [0.717, 1.165) is 0 Å². The molecule has 0 aromatic rings. The zero-order chi connectivity index (χ0) is 14.2. The van der Waals surface area contributed by atoms with Crippen LogP contribution in [0.3, 0.4) is 0 Å². The summed E-state index contributed by atoms with van der Waals surface area (Å²) in [5.74, 6) is -1.87. The van der Waals surface area contributed by atoms with Crippen LogP contribution < -0.4 is 5.32 Å². The molecule has 0 aromatic heterocycles. The zero-order valence-corrected chi connectivity index (χ0v) is 10.7. The summed E-state index contributed by atoms with van der Waals surface area (Å²) in [7, 11) is 0. The standard InChI is InChI=1S/C11H15N3O5/c1-11(2)10(18)12-3-4-14(11)8(15)7-5-6(9(16)17)13-19-7/h7H,3-5H2,1-2H3,(H,12,18)(H,16,17). The molecule has 1 saturated heterocycles. The lowest BCUT2D eigenvalue weighted by Gasteiger charge is -2.41. The van der Waals surface area contributed by atoms with Crippen molar-refractivity contribution in [2.24, 2.45) is 5.16 Å². The number of nitrogens with one attached hydrogen (secondary N) is 1. The molecule has 8 heteroatoms. The van der Waals surface area contributed by atoms with E-state index in [-0.39, 0.29) is 18.0 Å². The van der Waals surface area contributed by atoms with Crippen LogP contribution in [0.4, 0.5) is 0 Å². The minimum Gasteiger partial charge on any atom is -0.477 e. The second-order valence-corrected chi connectivity index (χ2v) is 4.95. The highest BCUT2D eigenvalue weighted by Gasteiger charge is 2.44. The number of carboxylic acids is 1. The van der Waals surface area contributed by atoms with Gasteiger partial charge in [0.05, 0.1) is 0 Å². The molecule has 1 fully saturated rings. The van der Waals surface area contributed by atoms with Crippen LogP contribution in [0.1, 0.15) is 20.3 Å². The number of oxime groups is 1. The van der Waals surface area contributed by atoms with E-state index in [4.69, 9.17) is 9.94 Å². The molecule has 8 nitrogen and oxygen atoms in total. The lowest BCUT2D eigenvalue weighted by atomic mass is 9.97. The fraction of sp³-hybridized carbons (Fsp3) is 0.636. The van der Waals surface area contributed by atoms with Crippen LogP contribution in [0.2, 0.25) is 0 Å². The molecule has 104 valence electrons. The minimum absolute atomic E-state index is 0.0810. The first-order valence-electron chi connectivity index (χ1n) is 5.90. The highest BCUT2D eigenvalue weighted by molar-refractivity contribution is 6.36. The number of carbonyl (C=O) groups is 3. The van der Waals surface area contributed by atoms with Gasteiger partial charge in [-0.25, -0.2) is 4.79 Å². The first-order chi connectivity index (χ1) is 8.84. The van der Waals surface area contributed by atoms with Crippen molar-refractivity contribution < 1.29 is 24.3 Å². The summed E-state index contributed by atoms with van der Waals surface area (Å²) >= 11 is 0. The van der Waals surface area contributed by atoms with Gasteiger partial charge in [-0.2, -0.15) is 0 Å². The van der Waals surface area contributed by atoms with Crippen LogP contribution in [0.15, 0.2) is 5.16 Å². The number of nitrogens with zero attached hydrogens (tertiary/aromatic N) is 2. The number of piperazine rings is 1. The molecule has 0 aromatic carbocycles. The molecule has 2 amide bonds. The lowest BCUT2D eigenvalue weighted by molar-refractivity contribution is -0.156. The molecule has 2 N–H and O–H groups in total. The predicted molar refractivity (Wildman–Crippen MR) is 63.4 cm³/mol. The van der Waals surface area contributed by atoms with Gasteiger partial charge in [-0.05, 0) is 13.8 Å². The van der Waals surface area contributed by atoms with Gasteiger partial charge < -0.3 is 20.2 Å². The molecule has 19 heavy (non-hydrogen) atoms. The maximum Gasteiger partial charge on any atom is 0.353 e. The van der Waals surface area contributed by atoms with Crippen LogP contribution in [0.25, 0.3) is 0 Å². The third kappa shape index (κ3) is 2.25. The van der Waals surface area contributed by atoms with Crippen molar-refractivity contribution in [1.29, 1.82) is 0 Å². The SMILES string of the molecule is CC1(C)C(=O)NCCN1C(=O)C1CC(C(=O)O)=NO1. The summed E-state index contributed by atoms with van der Waals surface area (Å²) in [6.07, 6.45) is -1.04. The maximum absolute atomic E-state index is 12.3. The summed E-state index contributed by atoms with van der Waals surface area (Å²) in [6.45, 7) is 3.99. The molecule has 2 rings (SSSR count). The van der Waals surface area contributed by atoms with Gasteiger partial charge in [-0.15, -0.1) is 0 Å². The fourth-order valence-electron chi connectivity index (χ4n) is 2.10. The van der Waals surface area contributed by atoms with E-state index >= 15 is 0 Å². The van der Waals surface area contributed by atoms with Gasteiger partial charge >= 0.3 is 5.97 Å².